The second kappa shape index (κ2) is 8.89. The number of ether oxygens (including phenoxy) is 1. The lowest BCUT2D eigenvalue weighted by atomic mass is 10.00. The van der Waals surface area contributed by atoms with E-state index in [9.17, 15) is 26.7 Å². The summed E-state index contributed by atoms with van der Waals surface area (Å²) >= 11 is 0. The standard InChI is InChI=1S/C22H18F5N3O2/c1-13-6-7-18(14(2)10-13)21(23,24)12-28-19(31)17-8-9-29-30-20(17)32-16-5-3-4-15(11-16)22(25,26)27/h3-11H,12H2,1-2H3,(H,28,31). The average Bonchev–Trinajstić information content (AvgIpc) is 2.72. The third-order valence-electron chi connectivity index (χ3n) is 4.55. The van der Waals surface area contributed by atoms with Crippen LogP contribution < -0.4 is 10.1 Å². The Hall–Kier alpha value is -3.56. The molecule has 1 amide bonds. The summed E-state index contributed by atoms with van der Waals surface area (Å²) in [5.41, 5.74) is -0.239. The van der Waals surface area contributed by atoms with E-state index in [1.807, 2.05) is 0 Å². The Balaban J connectivity index is 1.77. The highest BCUT2D eigenvalue weighted by Crippen LogP contribution is 2.33. The van der Waals surface area contributed by atoms with Crippen LogP contribution in [0, 0.1) is 13.8 Å². The van der Waals surface area contributed by atoms with Crippen LogP contribution in [0.5, 0.6) is 11.6 Å². The fourth-order valence-electron chi connectivity index (χ4n) is 3.02. The van der Waals surface area contributed by atoms with Crippen LogP contribution in [-0.2, 0) is 12.1 Å². The number of benzene rings is 2. The van der Waals surface area contributed by atoms with Crippen molar-refractivity contribution in [2.75, 3.05) is 6.54 Å². The molecule has 3 rings (SSSR count). The maximum atomic E-state index is 14.6. The molecule has 3 aromatic rings. The number of amides is 1. The molecule has 0 radical (unpaired) electrons. The van der Waals surface area contributed by atoms with Gasteiger partial charge in [0, 0.05) is 5.56 Å². The van der Waals surface area contributed by atoms with Crippen molar-refractivity contribution < 1.29 is 31.5 Å². The number of carbonyl (C=O) groups excluding carboxylic acids is 1. The highest BCUT2D eigenvalue weighted by Gasteiger charge is 2.34. The van der Waals surface area contributed by atoms with E-state index in [0.29, 0.717) is 5.56 Å². The maximum absolute atomic E-state index is 14.6. The lowest BCUT2D eigenvalue weighted by Gasteiger charge is -2.20. The third-order valence-corrected chi connectivity index (χ3v) is 4.55. The van der Waals surface area contributed by atoms with Crippen molar-refractivity contribution in [1.82, 2.24) is 15.5 Å². The molecule has 1 heterocycles. The smallest absolute Gasteiger partial charge is 0.416 e. The zero-order chi connectivity index (χ0) is 23.5. The Morgan fingerprint density at radius 3 is 2.47 bits per heavy atom. The van der Waals surface area contributed by atoms with Gasteiger partial charge in [-0.2, -0.15) is 27.1 Å². The molecule has 1 N–H and O–H groups in total. The van der Waals surface area contributed by atoms with Crippen LogP contribution in [0.2, 0.25) is 0 Å². The molecule has 168 valence electrons. The Morgan fingerprint density at radius 2 is 1.78 bits per heavy atom. The van der Waals surface area contributed by atoms with Crippen molar-refractivity contribution in [1.29, 1.82) is 0 Å². The van der Waals surface area contributed by atoms with E-state index in [0.717, 1.165) is 30.0 Å². The van der Waals surface area contributed by atoms with Crippen molar-refractivity contribution in [3.05, 3.63) is 82.5 Å². The number of nitrogens with one attached hydrogen (secondary N) is 1. The molecule has 0 fully saturated rings. The summed E-state index contributed by atoms with van der Waals surface area (Å²) in [6, 6.07) is 9.56. The quantitative estimate of drug-likeness (QED) is 0.508. The second-order valence-corrected chi connectivity index (χ2v) is 7.08. The minimum absolute atomic E-state index is 0.225. The fraction of sp³-hybridized carbons (Fsp3) is 0.227. The Bertz CT molecular complexity index is 1130. The largest absolute Gasteiger partial charge is 0.437 e. The lowest BCUT2D eigenvalue weighted by Crippen LogP contribution is -2.35. The molecule has 1 aromatic heterocycles. The molecule has 0 aliphatic rings. The van der Waals surface area contributed by atoms with E-state index >= 15 is 0 Å². The molecule has 0 spiro atoms. The summed E-state index contributed by atoms with van der Waals surface area (Å²) in [4.78, 5) is 12.5. The third kappa shape index (κ3) is 5.37. The van der Waals surface area contributed by atoms with Gasteiger partial charge < -0.3 is 10.1 Å². The fourth-order valence-corrected chi connectivity index (χ4v) is 3.02. The van der Waals surface area contributed by atoms with Crippen LogP contribution in [0.3, 0.4) is 0 Å². The SMILES string of the molecule is Cc1ccc(C(F)(F)CNC(=O)c2ccnnc2Oc2cccc(C(F)(F)F)c2)c(C)c1. The van der Waals surface area contributed by atoms with Gasteiger partial charge in [-0.05, 0) is 43.7 Å². The van der Waals surface area contributed by atoms with Crippen molar-refractivity contribution >= 4 is 5.91 Å². The van der Waals surface area contributed by atoms with Crippen molar-refractivity contribution in [2.24, 2.45) is 0 Å². The van der Waals surface area contributed by atoms with Crippen LogP contribution in [-0.4, -0.2) is 22.6 Å². The van der Waals surface area contributed by atoms with Gasteiger partial charge in [-0.15, -0.1) is 5.10 Å². The van der Waals surface area contributed by atoms with E-state index in [1.54, 1.807) is 26.0 Å². The highest BCUT2D eigenvalue weighted by molar-refractivity contribution is 5.96. The monoisotopic (exact) mass is 451 g/mol. The minimum Gasteiger partial charge on any atom is -0.437 e. The summed E-state index contributed by atoms with van der Waals surface area (Å²) in [6.07, 6.45) is -3.46. The number of rotatable bonds is 6. The molecular weight excluding hydrogens is 433 g/mol. The number of hydrogen-bond acceptors (Lipinski definition) is 4. The Morgan fingerprint density at radius 1 is 1.03 bits per heavy atom. The molecule has 0 saturated carbocycles. The summed E-state index contributed by atoms with van der Waals surface area (Å²) < 4.78 is 73.3. The first kappa shape index (κ1) is 23.1. The minimum atomic E-state index is -4.60. The number of aryl methyl sites for hydroxylation is 2. The van der Waals surface area contributed by atoms with Gasteiger partial charge in [0.05, 0.1) is 18.3 Å². The summed E-state index contributed by atoms with van der Waals surface area (Å²) in [5.74, 6) is -4.95. The van der Waals surface area contributed by atoms with E-state index in [4.69, 9.17) is 4.74 Å². The molecular formula is C22H18F5N3O2. The molecule has 0 aliphatic carbocycles. The van der Waals surface area contributed by atoms with Gasteiger partial charge >= 0.3 is 6.18 Å². The van der Waals surface area contributed by atoms with Crippen LogP contribution in [0.1, 0.15) is 32.6 Å². The maximum Gasteiger partial charge on any atom is 0.416 e. The van der Waals surface area contributed by atoms with E-state index < -0.39 is 36.0 Å². The number of alkyl halides is 5. The molecule has 2 aromatic carbocycles. The Labute approximate surface area is 180 Å². The summed E-state index contributed by atoms with van der Waals surface area (Å²) in [7, 11) is 0. The molecule has 0 unspecified atom stereocenters. The van der Waals surface area contributed by atoms with Crippen molar-refractivity contribution in [3.63, 3.8) is 0 Å². The lowest BCUT2D eigenvalue weighted by molar-refractivity contribution is -0.137. The topological polar surface area (TPSA) is 64.1 Å². The first-order chi connectivity index (χ1) is 15.0. The molecule has 0 bridgehead atoms. The van der Waals surface area contributed by atoms with Gasteiger partial charge in [-0.3, -0.25) is 4.79 Å². The second-order valence-electron chi connectivity index (χ2n) is 7.08. The van der Waals surface area contributed by atoms with Crippen molar-refractivity contribution in [3.8, 4) is 11.6 Å². The van der Waals surface area contributed by atoms with Crippen LogP contribution in [0.15, 0.2) is 54.7 Å². The molecule has 0 saturated heterocycles. The number of aromatic nitrogens is 2. The van der Waals surface area contributed by atoms with Gasteiger partial charge in [0.1, 0.15) is 11.3 Å². The van der Waals surface area contributed by atoms with Crippen molar-refractivity contribution in [2.45, 2.75) is 25.9 Å². The van der Waals surface area contributed by atoms with Crippen LogP contribution >= 0.6 is 0 Å². The van der Waals surface area contributed by atoms with Gasteiger partial charge in [0.15, 0.2) is 0 Å². The zero-order valence-electron chi connectivity index (χ0n) is 17.0. The first-order valence-electron chi connectivity index (χ1n) is 9.38. The molecule has 0 atom stereocenters. The van der Waals surface area contributed by atoms with Gasteiger partial charge in [-0.1, -0.05) is 29.8 Å². The molecule has 10 heteroatoms. The predicted molar refractivity (Wildman–Crippen MR) is 106 cm³/mol. The van der Waals surface area contributed by atoms with Gasteiger partial charge in [0.25, 0.3) is 17.7 Å². The van der Waals surface area contributed by atoms with E-state index in [-0.39, 0.29) is 16.9 Å². The predicted octanol–water partition coefficient (Wildman–Crippen LogP) is 5.43. The number of hydrogen-bond donors (Lipinski definition) is 1. The van der Waals surface area contributed by atoms with Gasteiger partial charge in [-0.25, -0.2) is 0 Å². The van der Waals surface area contributed by atoms with Crippen LogP contribution in [0.25, 0.3) is 0 Å². The zero-order valence-corrected chi connectivity index (χ0v) is 17.0. The average molecular weight is 451 g/mol. The first-order valence-corrected chi connectivity index (χ1v) is 9.38. The van der Waals surface area contributed by atoms with E-state index in [2.05, 4.69) is 15.5 Å². The number of carbonyl (C=O) groups is 1. The van der Waals surface area contributed by atoms with Gasteiger partial charge in [0.2, 0.25) is 0 Å². The molecule has 5 nitrogen and oxygen atoms in total. The van der Waals surface area contributed by atoms with Crippen LogP contribution in [0.4, 0.5) is 22.0 Å². The molecule has 0 aliphatic heterocycles. The number of nitrogens with zero attached hydrogens (tertiary/aromatic N) is 2. The normalized spacial score (nSPS) is 11.8. The highest BCUT2D eigenvalue weighted by atomic mass is 19.4. The molecule has 32 heavy (non-hydrogen) atoms. The Kier molecular flexibility index (Phi) is 6.42. The summed E-state index contributed by atoms with van der Waals surface area (Å²) in [5, 5.41) is 9.28. The number of halogens is 5. The van der Waals surface area contributed by atoms with E-state index in [1.165, 1.54) is 18.2 Å². The summed E-state index contributed by atoms with van der Waals surface area (Å²) in [6.45, 7) is 2.33.